The van der Waals surface area contributed by atoms with Crippen molar-refractivity contribution in [2.24, 2.45) is 5.73 Å². The molecule has 38 heavy (non-hydrogen) atoms. The molecule has 1 amide bonds. The third-order valence-electron chi connectivity index (χ3n) is 6.53. The maximum Gasteiger partial charge on any atom is 0.327 e. The average Bonchev–Trinajstić information content (AvgIpc) is 3.29. The summed E-state index contributed by atoms with van der Waals surface area (Å²) in [5, 5.41) is 3.16. The highest BCUT2D eigenvalue weighted by atomic mass is 16.5. The van der Waals surface area contributed by atoms with E-state index in [1.807, 2.05) is 31.2 Å². The molecule has 1 atom stereocenters. The molecule has 4 rings (SSSR count). The van der Waals surface area contributed by atoms with Crippen LogP contribution in [0.5, 0.6) is 5.75 Å². The van der Waals surface area contributed by atoms with Crippen molar-refractivity contribution in [2.45, 2.75) is 77.5 Å². The van der Waals surface area contributed by atoms with Crippen LogP contribution < -0.4 is 15.8 Å². The van der Waals surface area contributed by atoms with Crippen molar-refractivity contribution < 1.29 is 23.5 Å². The number of benzene rings is 2. The van der Waals surface area contributed by atoms with Crippen molar-refractivity contribution >= 4 is 11.9 Å². The van der Waals surface area contributed by atoms with Crippen LogP contribution in [0.3, 0.4) is 0 Å². The monoisotopic (exact) mass is 518 g/mol. The van der Waals surface area contributed by atoms with Gasteiger partial charge in [0.1, 0.15) is 17.6 Å². The van der Waals surface area contributed by atoms with Gasteiger partial charge in [-0.15, -0.1) is 0 Å². The average molecular weight is 519 g/mol. The Morgan fingerprint density at radius 2 is 1.92 bits per heavy atom. The summed E-state index contributed by atoms with van der Waals surface area (Å²) < 4.78 is 17.0. The van der Waals surface area contributed by atoms with Crippen LogP contribution in [-0.4, -0.2) is 35.6 Å². The molecule has 0 aliphatic heterocycles. The number of aromatic nitrogens is 1. The first-order valence-electron chi connectivity index (χ1n) is 13.3. The molecule has 8 heteroatoms. The third kappa shape index (κ3) is 7.22. The number of rotatable bonds is 10. The molecule has 8 nitrogen and oxygen atoms in total. The number of carbonyl (C=O) groups excluding carboxylic acids is 2. The van der Waals surface area contributed by atoms with E-state index in [1.54, 1.807) is 32.0 Å². The molecule has 0 bridgehead atoms. The van der Waals surface area contributed by atoms with Gasteiger partial charge in [0.05, 0.1) is 18.4 Å². The summed E-state index contributed by atoms with van der Waals surface area (Å²) in [6.07, 6.45) is 5.91. The smallest absolute Gasteiger partial charge is 0.327 e. The van der Waals surface area contributed by atoms with Gasteiger partial charge in [0.25, 0.3) is 5.91 Å². The fourth-order valence-corrected chi connectivity index (χ4v) is 4.51. The van der Waals surface area contributed by atoms with Gasteiger partial charge in [-0.25, -0.2) is 9.78 Å². The fraction of sp³-hybridized carbons (Fsp3) is 0.433. The predicted molar refractivity (Wildman–Crippen MR) is 144 cm³/mol. The second-order valence-corrected chi connectivity index (χ2v) is 9.94. The lowest BCUT2D eigenvalue weighted by Crippen LogP contribution is -2.36. The van der Waals surface area contributed by atoms with Crippen LogP contribution in [0, 0.1) is 13.0 Å². The number of aryl methyl sites for hydroxylation is 1. The van der Waals surface area contributed by atoms with Gasteiger partial charge in [0, 0.05) is 29.7 Å². The zero-order chi connectivity index (χ0) is 27.1. The molecule has 1 unspecified atom stereocenters. The highest BCUT2D eigenvalue weighted by Crippen LogP contribution is 2.24. The zero-order valence-electron chi connectivity index (χ0n) is 22.3. The molecule has 1 aromatic heterocycles. The number of esters is 1. The number of ether oxygens (including phenoxy) is 2. The van der Waals surface area contributed by atoms with E-state index < -0.39 is 12.0 Å². The van der Waals surface area contributed by atoms with Crippen molar-refractivity contribution in [1.29, 1.82) is 0 Å². The number of hydrogen-bond acceptors (Lipinski definition) is 7. The van der Waals surface area contributed by atoms with Crippen molar-refractivity contribution in [2.75, 3.05) is 6.61 Å². The minimum absolute atomic E-state index is 0.0636. The quantitative estimate of drug-likeness (QED) is 0.359. The number of oxazole rings is 1. The van der Waals surface area contributed by atoms with Crippen molar-refractivity contribution in [1.82, 2.24) is 10.3 Å². The lowest BCUT2D eigenvalue weighted by molar-refractivity contribution is -0.149. The van der Waals surface area contributed by atoms with E-state index in [1.165, 1.54) is 6.42 Å². The van der Waals surface area contributed by atoms with Crippen LogP contribution in [-0.2, 0) is 16.0 Å². The molecular weight excluding hydrogens is 482 g/mol. The molecular formula is C30H36N3O5. The van der Waals surface area contributed by atoms with E-state index in [9.17, 15) is 9.59 Å². The van der Waals surface area contributed by atoms with Crippen LogP contribution in [0.1, 0.15) is 79.4 Å². The largest absolute Gasteiger partial charge is 0.493 e. The van der Waals surface area contributed by atoms with E-state index in [2.05, 4.69) is 16.4 Å². The first-order valence-corrected chi connectivity index (χ1v) is 13.3. The Kier molecular flexibility index (Phi) is 9.18. The van der Waals surface area contributed by atoms with Crippen molar-refractivity contribution in [3.63, 3.8) is 0 Å². The molecule has 1 aliphatic carbocycles. The number of nitrogens with zero attached hydrogens (tertiary/aromatic N) is 1. The number of carbonyl (C=O) groups is 2. The molecule has 2 aromatic carbocycles. The van der Waals surface area contributed by atoms with Crippen LogP contribution in [0.25, 0.3) is 11.5 Å². The Morgan fingerprint density at radius 1 is 1.16 bits per heavy atom. The van der Waals surface area contributed by atoms with Gasteiger partial charge in [-0.05, 0) is 63.4 Å². The fourth-order valence-electron chi connectivity index (χ4n) is 4.51. The van der Waals surface area contributed by atoms with Gasteiger partial charge in [0.15, 0.2) is 0 Å². The number of nitrogens with two attached hydrogens (primary N) is 1. The van der Waals surface area contributed by atoms with E-state index in [4.69, 9.17) is 19.6 Å². The Morgan fingerprint density at radius 3 is 2.68 bits per heavy atom. The molecule has 1 radical (unpaired) electrons. The molecule has 3 aromatic rings. The highest BCUT2D eigenvalue weighted by Gasteiger charge is 2.20. The predicted octanol–water partition coefficient (Wildman–Crippen LogP) is 5.09. The second kappa shape index (κ2) is 12.7. The Labute approximate surface area is 223 Å². The van der Waals surface area contributed by atoms with Crippen LogP contribution in [0.2, 0.25) is 0 Å². The Balaban J connectivity index is 1.36. The minimum Gasteiger partial charge on any atom is -0.493 e. The molecule has 1 aliphatic rings. The summed E-state index contributed by atoms with van der Waals surface area (Å²) in [4.78, 5) is 29.6. The van der Waals surface area contributed by atoms with Gasteiger partial charge in [-0.3, -0.25) is 4.79 Å². The van der Waals surface area contributed by atoms with E-state index in [-0.39, 0.29) is 18.1 Å². The molecule has 1 fully saturated rings. The molecule has 1 saturated carbocycles. The first-order chi connectivity index (χ1) is 18.3. The molecule has 0 spiro atoms. The number of nitrogens with one attached hydrogen (secondary N) is 1. The maximum atomic E-state index is 12.8. The molecule has 201 valence electrons. The van der Waals surface area contributed by atoms with Crippen molar-refractivity contribution in [3.8, 4) is 17.2 Å². The van der Waals surface area contributed by atoms with Gasteiger partial charge < -0.3 is 24.9 Å². The summed E-state index contributed by atoms with van der Waals surface area (Å²) in [5.74, 6) is 1.07. The van der Waals surface area contributed by atoms with Crippen LogP contribution >= 0.6 is 0 Å². The summed E-state index contributed by atoms with van der Waals surface area (Å²) in [5.41, 5.74) is 8.64. The summed E-state index contributed by atoms with van der Waals surface area (Å²) in [6.45, 7) is 5.74. The molecule has 3 N–H and O–H groups in total. The van der Waals surface area contributed by atoms with Gasteiger partial charge in [0.2, 0.25) is 5.89 Å². The van der Waals surface area contributed by atoms with E-state index in [0.717, 1.165) is 36.9 Å². The summed E-state index contributed by atoms with van der Waals surface area (Å²) in [6, 6.07) is 15.0. The van der Waals surface area contributed by atoms with Crippen LogP contribution in [0.15, 0.2) is 46.9 Å². The Bertz CT molecular complexity index is 1250. The topological polar surface area (TPSA) is 117 Å². The Hall–Kier alpha value is -3.65. The normalized spacial score (nSPS) is 14.8. The second-order valence-electron chi connectivity index (χ2n) is 9.94. The minimum atomic E-state index is -0.929. The maximum absolute atomic E-state index is 12.8. The first kappa shape index (κ1) is 27.4. The van der Waals surface area contributed by atoms with Gasteiger partial charge in [-0.1, -0.05) is 37.5 Å². The van der Waals surface area contributed by atoms with E-state index >= 15 is 0 Å². The van der Waals surface area contributed by atoms with Crippen LogP contribution in [0.4, 0.5) is 0 Å². The third-order valence-corrected chi connectivity index (χ3v) is 6.53. The lowest BCUT2D eigenvalue weighted by Gasteiger charge is -2.22. The highest BCUT2D eigenvalue weighted by molar-refractivity contribution is 5.95. The molecule has 1 heterocycles. The summed E-state index contributed by atoms with van der Waals surface area (Å²) in [7, 11) is 0. The van der Waals surface area contributed by atoms with Gasteiger partial charge >= 0.3 is 5.97 Å². The lowest BCUT2D eigenvalue weighted by atomic mass is 9.95. The zero-order valence-corrected chi connectivity index (χ0v) is 22.3. The summed E-state index contributed by atoms with van der Waals surface area (Å²) >= 11 is 0. The van der Waals surface area contributed by atoms with E-state index in [0.29, 0.717) is 41.6 Å². The molecule has 0 saturated heterocycles. The SMILES string of the molecule is Cc1oc(-c2cccc(C(=O)NC3CCCCC3)c2)nc1CCOc1[c]c(C(N)C(=O)OC(C)C)ccc1. The number of amides is 1. The number of hydrogen-bond donors (Lipinski definition) is 2. The van der Waals surface area contributed by atoms with Gasteiger partial charge in [-0.2, -0.15) is 0 Å². The standard InChI is InChI=1S/C30H36N3O5/c1-19(2)37-30(35)27(31)21-9-8-14-25(18-21)36-16-15-26-20(3)38-29(33-26)23-11-7-10-22(17-23)28(34)32-24-12-5-4-6-13-24/h7-11,14,17,19,24,27H,4-6,12-13,15-16,31H2,1-3H3,(H,32,34). The van der Waals surface area contributed by atoms with Crippen molar-refractivity contribution in [3.05, 3.63) is 71.1 Å².